The number of rotatable bonds is 6. The fraction of sp³-hybridized carbons (Fsp3) is 0.538. The first-order valence-corrected chi connectivity index (χ1v) is 6.67. The SMILES string of the molecule is COc1cccc(SCC(C)CO)c1C(C)O. The Morgan fingerprint density at radius 3 is 2.59 bits per heavy atom. The van der Waals surface area contributed by atoms with Crippen LogP contribution in [0.5, 0.6) is 5.75 Å². The van der Waals surface area contributed by atoms with Crippen LogP contribution in [0.4, 0.5) is 0 Å². The number of aliphatic hydroxyl groups excluding tert-OH is 2. The van der Waals surface area contributed by atoms with Crippen LogP contribution in [0.3, 0.4) is 0 Å². The Labute approximate surface area is 107 Å². The van der Waals surface area contributed by atoms with E-state index in [1.807, 2.05) is 25.1 Å². The molecule has 2 atom stereocenters. The third-order valence-electron chi connectivity index (χ3n) is 2.50. The van der Waals surface area contributed by atoms with Crippen molar-refractivity contribution >= 4 is 11.8 Å². The second kappa shape index (κ2) is 6.89. The van der Waals surface area contributed by atoms with E-state index in [-0.39, 0.29) is 12.5 Å². The summed E-state index contributed by atoms with van der Waals surface area (Å²) in [6.45, 7) is 3.91. The number of benzene rings is 1. The Morgan fingerprint density at radius 1 is 1.35 bits per heavy atom. The predicted octanol–water partition coefficient (Wildman–Crippen LogP) is 2.47. The van der Waals surface area contributed by atoms with Crippen LogP contribution >= 0.6 is 11.8 Å². The van der Waals surface area contributed by atoms with Gasteiger partial charge in [0.1, 0.15) is 5.75 Å². The number of aliphatic hydroxyl groups is 2. The molecule has 2 unspecified atom stereocenters. The highest BCUT2D eigenvalue weighted by atomic mass is 32.2. The van der Waals surface area contributed by atoms with Crippen molar-refractivity contribution in [1.29, 1.82) is 0 Å². The summed E-state index contributed by atoms with van der Waals surface area (Å²) < 4.78 is 5.26. The number of hydrogen-bond acceptors (Lipinski definition) is 4. The first-order chi connectivity index (χ1) is 8.10. The van der Waals surface area contributed by atoms with E-state index in [1.165, 1.54) is 0 Å². The van der Waals surface area contributed by atoms with Gasteiger partial charge >= 0.3 is 0 Å². The summed E-state index contributed by atoms with van der Waals surface area (Å²) in [6, 6.07) is 5.73. The predicted molar refractivity (Wildman–Crippen MR) is 70.6 cm³/mol. The average Bonchev–Trinajstić information content (AvgIpc) is 2.34. The molecule has 0 saturated carbocycles. The summed E-state index contributed by atoms with van der Waals surface area (Å²) in [5, 5.41) is 18.8. The quantitative estimate of drug-likeness (QED) is 0.768. The van der Waals surface area contributed by atoms with E-state index in [2.05, 4.69) is 0 Å². The van der Waals surface area contributed by atoms with Gasteiger partial charge in [0.15, 0.2) is 0 Å². The van der Waals surface area contributed by atoms with Crippen molar-refractivity contribution in [2.75, 3.05) is 19.5 Å². The summed E-state index contributed by atoms with van der Waals surface area (Å²) in [6.07, 6.45) is -0.557. The summed E-state index contributed by atoms with van der Waals surface area (Å²) in [5.74, 6) is 1.78. The lowest BCUT2D eigenvalue weighted by atomic mass is 10.1. The van der Waals surface area contributed by atoms with Crippen LogP contribution in [0.25, 0.3) is 0 Å². The smallest absolute Gasteiger partial charge is 0.125 e. The molecule has 0 spiro atoms. The van der Waals surface area contributed by atoms with Crippen molar-refractivity contribution in [3.8, 4) is 5.75 Å². The maximum atomic E-state index is 9.80. The maximum absolute atomic E-state index is 9.80. The molecule has 2 N–H and O–H groups in total. The Kier molecular flexibility index (Phi) is 5.82. The minimum Gasteiger partial charge on any atom is -0.496 e. The van der Waals surface area contributed by atoms with E-state index in [0.29, 0.717) is 5.75 Å². The van der Waals surface area contributed by atoms with Crippen molar-refractivity contribution in [3.05, 3.63) is 23.8 Å². The summed E-state index contributed by atoms with van der Waals surface area (Å²) in [5.41, 5.74) is 0.824. The summed E-state index contributed by atoms with van der Waals surface area (Å²) in [4.78, 5) is 1.01. The zero-order valence-corrected chi connectivity index (χ0v) is 11.3. The summed E-state index contributed by atoms with van der Waals surface area (Å²) in [7, 11) is 1.60. The summed E-state index contributed by atoms with van der Waals surface area (Å²) >= 11 is 1.64. The molecule has 3 nitrogen and oxygen atoms in total. The van der Waals surface area contributed by atoms with Crippen LogP contribution in [0.2, 0.25) is 0 Å². The van der Waals surface area contributed by atoms with Crippen LogP contribution in [0, 0.1) is 5.92 Å². The van der Waals surface area contributed by atoms with Crippen LogP contribution in [-0.2, 0) is 0 Å². The average molecular weight is 256 g/mol. The normalized spacial score (nSPS) is 14.4. The van der Waals surface area contributed by atoms with Gasteiger partial charge in [0.2, 0.25) is 0 Å². The van der Waals surface area contributed by atoms with E-state index in [4.69, 9.17) is 9.84 Å². The number of ether oxygens (including phenoxy) is 1. The Bertz CT molecular complexity index is 353. The molecule has 0 heterocycles. The number of thioether (sulfide) groups is 1. The van der Waals surface area contributed by atoms with E-state index in [9.17, 15) is 5.11 Å². The second-order valence-corrected chi connectivity index (χ2v) is 5.21. The molecule has 96 valence electrons. The zero-order valence-electron chi connectivity index (χ0n) is 10.5. The van der Waals surface area contributed by atoms with Crippen LogP contribution in [0.1, 0.15) is 25.5 Å². The molecule has 0 radical (unpaired) electrons. The molecule has 0 fully saturated rings. The zero-order chi connectivity index (χ0) is 12.8. The molecular weight excluding hydrogens is 236 g/mol. The first-order valence-electron chi connectivity index (χ1n) is 5.68. The fourth-order valence-corrected chi connectivity index (χ4v) is 2.70. The van der Waals surface area contributed by atoms with Gasteiger partial charge in [0.25, 0.3) is 0 Å². The van der Waals surface area contributed by atoms with Gasteiger partial charge in [-0.25, -0.2) is 0 Å². The van der Waals surface area contributed by atoms with Gasteiger partial charge in [-0.3, -0.25) is 0 Å². The van der Waals surface area contributed by atoms with Gasteiger partial charge in [-0.2, -0.15) is 0 Å². The highest BCUT2D eigenvalue weighted by Gasteiger charge is 2.14. The van der Waals surface area contributed by atoms with Gasteiger partial charge in [-0.05, 0) is 25.0 Å². The van der Waals surface area contributed by atoms with Crippen LogP contribution < -0.4 is 4.74 Å². The molecule has 0 aliphatic carbocycles. The van der Waals surface area contributed by atoms with E-state index < -0.39 is 6.10 Å². The third kappa shape index (κ3) is 3.91. The monoisotopic (exact) mass is 256 g/mol. The highest BCUT2D eigenvalue weighted by Crippen LogP contribution is 2.35. The Balaban J connectivity index is 2.90. The molecule has 0 saturated heterocycles. The Hall–Kier alpha value is -0.710. The van der Waals surface area contributed by atoms with Crippen LogP contribution in [0.15, 0.2) is 23.1 Å². The molecule has 0 aliphatic rings. The minimum atomic E-state index is -0.557. The van der Waals surface area contributed by atoms with Gasteiger partial charge in [0.05, 0.1) is 13.2 Å². The lowest BCUT2D eigenvalue weighted by molar-refractivity contribution is 0.191. The molecular formula is C13H20O3S. The molecule has 0 aromatic heterocycles. The van der Waals surface area contributed by atoms with Gasteiger partial charge < -0.3 is 14.9 Å². The molecule has 4 heteroatoms. The molecule has 0 bridgehead atoms. The van der Waals surface area contributed by atoms with Crippen LogP contribution in [-0.4, -0.2) is 29.7 Å². The van der Waals surface area contributed by atoms with Crippen molar-refractivity contribution in [3.63, 3.8) is 0 Å². The van der Waals surface area contributed by atoms with E-state index in [0.717, 1.165) is 16.2 Å². The lowest BCUT2D eigenvalue weighted by Gasteiger charge is -2.16. The molecule has 17 heavy (non-hydrogen) atoms. The standard InChI is InChI=1S/C13H20O3S/c1-9(7-14)8-17-12-6-4-5-11(16-3)13(12)10(2)15/h4-6,9-10,14-15H,7-8H2,1-3H3. The van der Waals surface area contributed by atoms with Crippen molar-refractivity contribution in [1.82, 2.24) is 0 Å². The van der Waals surface area contributed by atoms with Crippen molar-refractivity contribution in [2.24, 2.45) is 5.92 Å². The molecule has 0 aliphatic heterocycles. The van der Waals surface area contributed by atoms with Crippen molar-refractivity contribution in [2.45, 2.75) is 24.8 Å². The topological polar surface area (TPSA) is 49.7 Å². The lowest BCUT2D eigenvalue weighted by Crippen LogP contribution is -2.05. The maximum Gasteiger partial charge on any atom is 0.125 e. The Morgan fingerprint density at radius 2 is 2.06 bits per heavy atom. The van der Waals surface area contributed by atoms with E-state index >= 15 is 0 Å². The third-order valence-corrected chi connectivity index (χ3v) is 3.90. The van der Waals surface area contributed by atoms with Gasteiger partial charge in [0, 0.05) is 22.8 Å². The number of hydrogen-bond donors (Lipinski definition) is 2. The highest BCUT2D eigenvalue weighted by molar-refractivity contribution is 7.99. The first kappa shape index (κ1) is 14.4. The largest absolute Gasteiger partial charge is 0.496 e. The fourth-order valence-electron chi connectivity index (χ4n) is 1.52. The minimum absolute atomic E-state index is 0.182. The molecule has 1 aromatic rings. The van der Waals surface area contributed by atoms with Gasteiger partial charge in [-0.1, -0.05) is 13.0 Å². The van der Waals surface area contributed by atoms with Gasteiger partial charge in [-0.15, -0.1) is 11.8 Å². The molecule has 1 rings (SSSR count). The number of methoxy groups -OCH3 is 1. The molecule has 0 amide bonds. The van der Waals surface area contributed by atoms with Crippen molar-refractivity contribution < 1.29 is 14.9 Å². The second-order valence-electron chi connectivity index (χ2n) is 4.15. The van der Waals surface area contributed by atoms with E-state index in [1.54, 1.807) is 25.8 Å². The molecule has 1 aromatic carbocycles.